The molecule has 0 saturated heterocycles. The van der Waals surface area contributed by atoms with E-state index in [1.54, 1.807) is 12.1 Å². The van der Waals surface area contributed by atoms with E-state index in [4.69, 9.17) is 9.47 Å². The molecule has 1 saturated carbocycles. The number of aliphatic hydroxyl groups excluding tert-OH is 2. The van der Waals surface area contributed by atoms with Gasteiger partial charge in [-0.3, -0.25) is 9.59 Å². The van der Waals surface area contributed by atoms with Crippen LogP contribution in [0.1, 0.15) is 44.9 Å². The first-order valence-electron chi connectivity index (χ1n) is 10.9. The number of ketones is 1. The van der Waals surface area contributed by atoms with E-state index in [1.807, 2.05) is 30.4 Å². The maximum atomic E-state index is 12.2. The molecule has 2 N–H and O–H groups in total. The minimum absolute atomic E-state index is 0.0117. The summed E-state index contributed by atoms with van der Waals surface area (Å²) in [5, 5.41) is 20.3. The number of carbonyl (C=O) groups is 2. The predicted molar refractivity (Wildman–Crippen MR) is 116 cm³/mol. The van der Waals surface area contributed by atoms with Crippen LogP contribution in [-0.4, -0.2) is 60.6 Å². The second-order valence-corrected chi connectivity index (χ2v) is 7.80. The molecule has 172 valence electrons. The molecule has 0 aromatic heterocycles. The third-order valence-corrected chi connectivity index (χ3v) is 5.30. The Balaban J connectivity index is 1.67. The summed E-state index contributed by atoms with van der Waals surface area (Å²) in [6, 6.07) is 9.17. The number of ether oxygens (including phenoxy) is 3. The van der Waals surface area contributed by atoms with Crippen molar-refractivity contribution in [3.05, 3.63) is 42.5 Å². The van der Waals surface area contributed by atoms with Crippen LogP contribution in [0.4, 0.5) is 0 Å². The van der Waals surface area contributed by atoms with Gasteiger partial charge in [0.05, 0.1) is 25.9 Å². The van der Waals surface area contributed by atoms with E-state index in [0.29, 0.717) is 18.6 Å². The van der Waals surface area contributed by atoms with E-state index in [-0.39, 0.29) is 31.4 Å². The largest absolute Gasteiger partial charge is 0.491 e. The zero-order valence-corrected chi connectivity index (χ0v) is 18.2. The first kappa shape index (κ1) is 25.0. The average molecular weight is 435 g/mol. The highest BCUT2D eigenvalue weighted by Gasteiger charge is 2.41. The first-order chi connectivity index (χ1) is 15.0. The summed E-state index contributed by atoms with van der Waals surface area (Å²) in [6.45, 7) is 0.0591. The second-order valence-electron chi connectivity index (χ2n) is 7.80. The Morgan fingerprint density at radius 1 is 1.16 bits per heavy atom. The number of Topliss-reactive ketones (excluding diaryl/α,β-unsaturated/α-hetero) is 1. The molecule has 0 aliphatic heterocycles. The van der Waals surface area contributed by atoms with Gasteiger partial charge in [-0.2, -0.15) is 0 Å². The van der Waals surface area contributed by atoms with Crippen LogP contribution in [0.15, 0.2) is 42.5 Å². The van der Waals surface area contributed by atoms with Crippen LogP contribution in [0.25, 0.3) is 0 Å². The van der Waals surface area contributed by atoms with E-state index >= 15 is 0 Å². The molecule has 2 rings (SSSR count). The fraction of sp³-hybridized carbons (Fsp3) is 0.583. The molecular formula is C24H34O7. The zero-order chi connectivity index (χ0) is 22.5. The van der Waals surface area contributed by atoms with E-state index in [0.717, 1.165) is 25.7 Å². The number of esters is 1. The van der Waals surface area contributed by atoms with Crippen molar-refractivity contribution in [3.63, 3.8) is 0 Å². The van der Waals surface area contributed by atoms with Crippen molar-refractivity contribution in [1.29, 1.82) is 0 Å². The highest BCUT2D eigenvalue weighted by atomic mass is 16.5. The van der Waals surface area contributed by atoms with Gasteiger partial charge in [0.25, 0.3) is 0 Å². The predicted octanol–water partition coefficient (Wildman–Crippen LogP) is 2.83. The Morgan fingerprint density at radius 3 is 2.68 bits per heavy atom. The molecule has 7 heteroatoms. The van der Waals surface area contributed by atoms with Gasteiger partial charge in [0, 0.05) is 18.8 Å². The van der Waals surface area contributed by atoms with E-state index in [9.17, 15) is 19.8 Å². The molecule has 0 spiro atoms. The van der Waals surface area contributed by atoms with Crippen LogP contribution in [0, 0.1) is 5.92 Å². The number of methoxy groups -OCH3 is 1. The normalized spacial score (nSPS) is 22.0. The van der Waals surface area contributed by atoms with Gasteiger partial charge in [0.2, 0.25) is 0 Å². The molecule has 1 aromatic rings. The molecule has 0 amide bonds. The number of aliphatic hydroxyl groups is 2. The van der Waals surface area contributed by atoms with Crippen molar-refractivity contribution in [1.82, 2.24) is 0 Å². The Bertz CT molecular complexity index is 688. The Labute approximate surface area is 184 Å². The van der Waals surface area contributed by atoms with Crippen molar-refractivity contribution in [2.24, 2.45) is 5.92 Å². The maximum absolute atomic E-state index is 12.2. The lowest BCUT2D eigenvalue weighted by atomic mass is 9.99. The summed E-state index contributed by atoms with van der Waals surface area (Å²) in [5.74, 6) is 0.0469. The van der Waals surface area contributed by atoms with Crippen LogP contribution in [0.3, 0.4) is 0 Å². The number of unbranched alkanes of at least 4 members (excludes halogenated alkanes) is 3. The molecule has 0 bridgehead atoms. The summed E-state index contributed by atoms with van der Waals surface area (Å²) in [5.41, 5.74) is 0. The maximum Gasteiger partial charge on any atom is 0.305 e. The van der Waals surface area contributed by atoms with Crippen molar-refractivity contribution >= 4 is 11.8 Å². The lowest BCUT2D eigenvalue weighted by molar-refractivity contribution is -0.140. The zero-order valence-electron chi connectivity index (χ0n) is 18.2. The van der Waals surface area contributed by atoms with Crippen LogP contribution in [-0.2, 0) is 19.1 Å². The molecule has 1 aliphatic carbocycles. The molecule has 0 heterocycles. The van der Waals surface area contributed by atoms with Crippen LogP contribution < -0.4 is 4.74 Å². The summed E-state index contributed by atoms with van der Waals surface area (Å²) >= 11 is 0. The van der Waals surface area contributed by atoms with Gasteiger partial charge in [-0.1, -0.05) is 36.8 Å². The molecule has 7 nitrogen and oxygen atoms in total. The fourth-order valence-corrected chi connectivity index (χ4v) is 3.57. The molecule has 4 atom stereocenters. The minimum Gasteiger partial charge on any atom is -0.491 e. The van der Waals surface area contributed by atoms with E-state index < -0.39 is 24.2 Å². The molecule has 1 aromatic carbocycles. The van der Waals surface area contributed by atoms with Gasteiger partial charge in [-0.15, -0.1) is 0 Å². The van der Waals surface area contributed by atoms with Crippen molar-refractivity contribution in [2.45, 2.75) is 63.3 Å². The summed E-state index contributed by atoms with van der Waals surface area (Å²) < 4.78 is 15.8. The highest BCUT2D eigenvalue weighted by Crippen LogP contribution is 2.29. The SMILES string of the molecule is COC(=O)CCCCCC=CC[C@H]1C(=O)C[C@@H](O)[C@@H]1OCC(O)COc1ccccc1. The third-order valence-electron chi connectivity index (χ3n) is 5.30. The van der Waals surface area contributed by atoms with Gasteiger partial charge in [-0.25, -0.2) is 0 Å². The van der Waals surface area contributed by atoms with Gasteiger partial charge in [0.1, 0.15) is 24.2 Å². The number of hydrogen-bond donors (Lipinski definition) is 2. The summed E-state index contributed by atoms with van der Waals surface area (Å²) in [4.78, 5) is 23.3. The molecule has 1 unspecified atom stereocenters. The van der Waals surface area contributed by atoms with E-state index in [2.05, 4.69) is 4.74 Å². The minimum atomic E-state index is -0.857. The quantitative estimate of drug-likeness (QED) is 0.264. The Morgan fingerprint density at radius 2 is 1.94 bits per heavy atom. The number of carbonyl (C=O) groups excluding carboxylic acids is 2. The standard InChI is InChI=1S/C24H34O7/c1-29-23(28)14-10-5-3-2-4-9-13-20-21(26)15-22(27)24(20)31-17-18(25)16-30-19-11-7-6-8-12-19/h4,6-9,11-12,18,20,22,24-25,27H,2-3,5,10,13-17H2,1H3/t18?,20-,22+,24+/m0/s1. The lowest BCUT2D eigenvalue weighted by Gasteiger charge is -2.22. The summed E-state index contributed by atoms with van der Waals surface area (Å²) in [6.07, 6.45) is 6.23. The molecule has 1 aliphatic rings. The molecule has 0 radical (unpaired) electrons. The number of allylic oxidation sites excluding steroid dienone is 2. The monoisotopic (exact) mass is 434 g/mol. The Kier molecular flexibility index (Phi) is 11.3. The number of rotatable bonds is 14. The lowest BCUT2D eigenvalue weighted by Crippen LogP contribution is -2.34. The van der Waals surface area contributed by atoms with E-state index in [1.165, 1.54) is 7.11 Å². The highest BCUT2D eigenvalue weighted by molar-refractivity contribution is 5.85. The van der Waals surface area contributed by atoms with Crippen molar-refractivity contribution in [3.8, 4) is 5.75 Å². The fourth-order valence-electron chi connectivity index (χ4n) is 3.57. The van der Waals surface area contributed by atoms with Gasteiger partial charge in [-0.05, 0) is 37.8 Å². The topological polar surface area (TPSA) is 102 Å². The smallest absolute Gasteiger partial charge is 0.305 e. The third kappa shape index (κ3) is 9.21. The molecule has 1 fully saturated rings. The van der Waals surface area contributed by atoms with Crippen LogP contribution in [0.2, 0.25) is 0 Å². The number of benzene rings is 1. The summed E-state index contributed by atoms with van der Waals surface area (Å²) in [7, 11) is 1.39. The van der Waals surface area contributed by atoms with Gasteiger partial charge in [0.15, 0.2) is 0 Å². The second kappa shape index (κ2) is 14.0. The number of hydrogen-bond acceptors (Lipinski definition) is 7. The van der Waals surface area contributed by atoms with Gasteiger partial charge >= 0.3 is 5.97 Å². The van der Waals surface area contributed by atoms with Crippen LogP contribution >= 0.6 is 0 Å². The average Bonchev–Trinajstić information content (AvgIpc) is 3.05. The van der Waals surface area contributed by atoms with Crippen LogP contribution in [0.5, 0.6) is 5.75 Å². The number of para-hydroxylation sites is 1. The Hall–Kier alpha value is -2.22. The van der Waals surface area contributed by atoms with Crippen molar-refractivity contribution in [2.75, 3.05) is 20.3 Å². The van der Waals surface area contributed by atoms with Crippen molar-refractivity contribution < 1.29 is 34.0 Å². The first-order valence-corrected chi connectivity index (χ1v) is 10.9. The molecular weight excluding hydrogens is 400 g/mol. The molecule has 31 heavy (non-hydrogen) atoms. The van der Waals surface area contributed by atoms with Gasteiger partial charge < -0.3 is 24.4 Å².